The van der Waals surface area contributed by atoms with Crippen LogP contribution in [0.25, 0.3) is 22.5 Å². The van der Waals surface area contributed by atoms with Gasteiger partial charge in [-0.3, -0.25) is 0 Å². The van der Waals surface area contributed by atoms with Crippen molar-refractivity contribution in [2.45, 2.75) is 13.0 Å². The molecule has 23 heavy (non-hydrogen) atoms. The van der Waals surface area contributed by atoms with E-state index in [-0.39, 0.29) is 17.7 Å². The van der Waals surface area contributed by atoms with Crippen molar-refractivity contribution in [1.82, 2.24) is 24.7 Å². The molecule has 0 aliphatic rings. The number of aromatic amines is 1. The Morgan fingerprint density at radius 3 is 3.04 bits per heavy atom. The summed E-state index contributed by atoms with van der Waals surface area (Å²) in [7, 11) is 0. The van der Waals surface area contributed by atoms with Crippen LogP contribution in [0, 0.1) is 5.82 Å². The van der Waals surface area contributed by atoms with Gasteiger partial charge in [0.05, 0.1) is 17.4 Å². The van der Waals surface area contributed by atoms with Crippen molar-refractivity contribution in [2.24, 2.45) is 0 Å². The van der Waals surface area contributed by atoms with E-state index in [0.29, 0.717) is 27.4 Å². The highest BCUT2D eigenvalue weighted by molar-refractivity contribution is 6.38. The number of H-pyrrole nitrogens is 1. The number of aromatic nitrogens is 5. The minimum absolute atomic E-state index is 0.129. The molecule has 0 radical (unpaired) electrons. The van der Waals surface area contributed by atoms with Gasteiger partial charge in [-0.05, 0) is 25.1 Å². The van der Waals surface area contributed by atoms with Crippen molar-refractivity contribution >= 4 is 22.5 Å². The van der Waals surface area contributed by atoms with Crippen molar-refractivity contribution in [2.75, 3.05) is 0 Å². The molecule has 0 fully saturated rings. The molecule has 4 aromatic rings. The zero-order valence-electron chi connectivity index (χ0n) is 12.0. The molecule has 1 N–H and O–H groups in total. The molecule has 8 heteroatoms. The zero-order chi connectivity index (χ0) is 16.0. The van der Waals surface area contributed by atoms with Gasteiger partial charge in [-0.1, -0.05) is 16.8 Å². The first-order valence-electron chi connectivity index (χ1n) is 6.91. The van der Waals surface area contributed by atoms with Crippen molar-refractivity contribution < 1.29 is 8.91 Å². The van der Waals surface area contributed by atoms with E-state index in [4.69, 9.17) is 16.1 Å². The summed E-state index contributed by atoms with van der Waals surface area (Å²) < 4.78 is 20.5. The Hall–Kier alpha value is -2.67. The lowest BCUT2D eigenvalue weighted by molar-refractivity contribution is 0.411. The Morgan fingerprint density at radius 2 is 2.26 bits per heavy atom. The van der Waals surface area contributed by atoms with Crippen LogP contribution in [0.2, 0.25) is 5.02 Å². The van der Waals surface area contributed by atoms with E-state index < -0.39 is 0 Å². The number of rotatable bonds is 3. The summed E-state index contributed by atoms with van der Waals surface area (Å²) in [5.74, 6) is 0.400. The third kappa shape index (κ3) is 2.29. The monoisotopic (exact) mass is 331 g/mol. The van der Waals surface area contributed by atoms with E-state index in [0.717, 1.165) is 0 Å². The van der Waals surface area contributed by atoms with Gasteiger partial charge in [-0.15, -0.1) is 0 Å². The summed E-state index contributed by atoms with van der Waals surface area (Å²) in [6.45, 7) is 1.93. The molecule has 0 bridgehead atoms. The van der Waals surface area contributed by atoms with Crippen LogP contribution in [0.3, 0.4) is 0 Å². The normalized spacial score (nSPS) is 12.8. The largest absolute Gasteiger partial charge is 0.349 e. The summed E-state index contributed by atoms with van der Waals surface area (Å²) in [4.78, 5) is 11.5. The molecular formula is C15H11ClFN5O. The Kier molecular flexibility index (Phi) is 3.16. The molecular weight excluding hydrogens is 321 g/mol. The van der Waals surface area contributed by atoms with E-state index in [9.17, 15) is 4.39 Å². The number of benzene rings is 1. The molecule has 1 unspecified atom stereocenters. The highest BCUT2D eigenvalue weighted by atomic mass is 35.5. The molecule has 3 aromatic heterocycles. The summed E-state index contributed by atoms with van der Waals surface area (Å²) >= 11 is 6.31. The maximum absolute atomic E-state index is 13.4. The predicted molar refractivity (Wildman–Crippen MR) is 82.6 cm³/mol. The van der Waals surface area contributed by atoms with Gasteiger partial charge in [0, 0.05) is 23.3 Å². The first-order chi connectivity index (χ1) is 11.1. The molecule has 4 rings (SSSR count). The van der Waals surface area contributed by atoms with Crippen molar-refractivity contribution in [1.29, 1.82) is 0 Å². The Bertz CT molecular complexity index is 975. The second-order valence-corrected chi connectivity index (χ2v) is 5.53. The third-order valence-electron chi connectivity index (χ3n) is 3.70. The lowest BCUT2D eigenvalue weighted by Gasteiger charge is -2.06. The molecule has 0 aliphatic heterocycles. The summed E-state index contributed by atoms with van der Waals surface area (Å²) in [6, 6.07) is 4.21. The topological polar surface area (TPSA) is 72.5 Å². The fraction of sp³-hybridized carbons (Fsp3) is 0.133. The Morgan fingerprint density at radius 1 is 1.39 bits per heavy atom. The number of nitrogens with zero attached hydrogens (tertiary/aromatic N) is 4. The van der Waals surface area contributed by atoms with Crippen LogP contribution in [0.1, 0.15) is 18.8 Å². The average molecular weight is 332 g/mol. The first kappa shape index (κ1) is 14.0. The van der Waals surface area contributed by atoms with Gasteiger partial charge in [-0.2, -0.15) is 4.98 Å². The predicted octanol–water partition coefficient (Wildman–Crippen LogP) is 3.82. The second kappa shape index (κ2) is 5.20. The molecule has 0 spiro atoms. The van der Waals surface area contributed by atoms with Gasteiger partial charge >= 0.3 is 0 Å². The van der Waals surface area contributed by atoms with Crippen LogP contribution in [-0.4, -0.2) is 24.7 Å². The van der Waals surface area contributed by atoms with Crippen LogP contribution in [0.5, 0.6) is 0 Å². The molecule has 0 saturated heterocycles. The van der Waals surface area contributed by atoms with Gasteiger partial charge in [0.15, 0.2) is 5.82 Å². The summed E-state index contributed by atoms with van der Waals surface area (Å²) in [6.07, 6.45) is 5.18. The number of hydrogen-bond acceptors (Lipinski definition) is 4. The molecule has 0 saturated carbocycles. The third-order valence-corrected chi connectivity index (χ3v) is 4.09. The lowest BCUT2D eigenvalue weighted by Crippen LogP contribution is -2.06. The van der Waals surface area contributed by atoms with Crippen molar-refractivity contribution in [3.05, 3.63) is 53.6 Å². The van der Waals surface area contributed by atoms with Gasteiger partial charge in [0.1, 0.15) is 11.5 Å². The maximum Gasteiger partial charge on any atom is 0.276 e. The van der Waals surface area contributed by atoms with Crippen molar-refractivity contribution in [3.63, 3.8) is 0 Å². The Labute approximate surface area is 134 Å². The van der Waals surface area contributed by atoms with Crippen LogP contribution in [-0.2, 0) is 0 Å². The summed E-state index contributed by atoms with van der Waals surface area (Å²) in [5.41, 5.74) is 1.18. The fourth-order valence-electron chi connectivity index (χ4n) is 2.42. The second-order valence-electron chi connectivity index (χ2n) is 5.15. The molecule has 6 nitrogen and oxygen atoms in total. The lowest BCUT2D eigenvalue weighted by atomic mass is 10.2. The minimum atomic E-state index is -0.357. The van der Waals surface area contributed by atoms with Crippen molar-refractivity contribution in [3.8, 4) is 11.6 Å². The smallest absolute Gasteiger partial charge is 0.276 e. The van der Waals surface area contributed by atoms with Gasteiger partial charge in [0.2, 0.25) is 0 Å². The van der Waals surface area contributed by atoms with Crippen LogP contribution >= 0.6 is 11.6 Å². The zero-order valence-corrected chi connectivity index (χ0v) is 12.8. The molecule has 3 heterocycles. The molecule has 1 aromatic carbocycles. The maximum atomic E-state index is 13.4. The minimum Gasteiger partial charge on any atom is -0.349 e. The van der Waals surface area contributed by atoms with Gasteiger partial charge in [0.25, 0.3) is 5.89 Å². The summed E-state index contributed by atoms with van der Waals surface area (Å²) in [5, 5.41) is 4.91. The van der Waals surface area contributed by atoms with Gasteiger partial charge < -0.3 is 14.1 Å². The van der Waals surface area contributed by atoms with Crippen LogP contribution in [0.15, 0.2) is 41.4 Å². The molecule has 1 atom stereocenters. The van der Waals surface area contributed by atoms with E-state index in [1.807, 2.05) is 17.7 Å². The van der Waals surface area contributed by atoms with E-state index in [2.05, 4.69) is 20.1 Å². The number of nitrogens with one attached hydrogen (secondary N) is 1. The highest BCUT2D eigenvalue weighted by Gasteiger charge is 2.20. The average Bonchev–Trinajstić information content (AvgIpc) is 3.27. The molecule has 0 aliphatic carbocycles. The number of halogens is 2. The Balaban J connectivity index is 1.76. The quantitative estimate of drug-likeness (QED) is 0.619. The van der Waals surface area contributed by atoms with E-state index in [1.165, 1.54) is 12.1 Å². The standard InChI is InChI=1S/C15H11ClFN5O/c1-8(22-5-4-18-7-22)14-20-15(23-21-14)13-12(16)10-6-9(17)2-3-11(10)19-13/h2-8,19H,1H3. The molecule has 116 valence electrons. The first-order valence-corrected chi connectivity index (χ1v) is 7.29. The molecule has 0 amide bonds. The van der Waals surface area contributed by atoms with Gasteiger partial charge in [-0.25, -0.2) is 9.37 Å². The van der Waals surface area contributed by atoms with E-state index >= 15 is 0 Å². The van der Waals surface area contributed by atoms with Crippen LogP contribution in [0.4, 0.5) is 4.39 Å². The highest BCUT2D eigenvalue weighted by Crippen LogP contribution is 2.34. The van der Waals surface area contributed by atoms with E-state index in [1.54, 1.807) is 18.6 Å². The number of fused-ring (bicyclic) bond motifs is 1. The number of hydrogen-bond donors (Lipinski definition) is 1. The fourth-order valence-corrected chi connectivity index (χ4v) is 2.70. The van der Waals surface area contributed by atoms with Crippen LogP contribution < -0.4 is 0 Å². The SMILES string of the molecule is CC(c1noc(-c2[nH]c3ccc(F)cc3c2Cl)n1)n1ccnc1. The number of imidazole rings is 1.